The SMILES string of the molecule is CCCCn1c(C)cn2c3c(=O)n(CC(C)=O)c(=O)n(C)c3nc12. The molecule has 0 radical (unpaired) electrons. The van der Waals surface area contributed by atoms with Crippen LogP contribution in [0.2, 0.25) is 0 Å². The van der Waals surface area contributed by atoms with Crippen molar-refractivity contribution in [3.63, 3.8) is 0 Å². The highest BCUT2D eigenvalue weighted by Crippen LogP contribution is 2.16. The first-order valence-electron chi connectivity index (χ1n) is 8.04. The van der Waals surface area contributed by atoms with Gasteiger partial charge in [0.1, 0.15) is 5.78 Å². The van der Waals surface area contributed by atoms with E-state index in [1.165, 1.54) is 11.5 Å². The zero-order valence-electron chi connectivity index (χ0n) is 14.4. The molecule has 0 saturated heterocycles. The summed E-state index contributed by atoms with van der Waals surface area (Å²) in [7, 11) is 1.57. The fourth-order valence-corrected chi connectivity index (χ4v) is 3.01. The fraction of sp³-hybridized carbons (Fsp3) is 0.500. The molecule has 0 fully saturated rings. The van der Waals surface area contributed by atoms with Crippen LogP contribution in [0.5, 0.6) is 0 Å². The maximum absolute atomic E-state index is 12.8. The largest absolute Gasteiger partial charge is 0.332 e. The molecule has 0 N–H and O–H groups in total. The number of fused-ring (bicyclic) bond motifs is 3. The van der Waals surface area contributed by atoms with Gasteiger partial charge in [0.15, 0.2) is 11.2 Å². The highest BCUT2D eigenvalue weighted by atomic mass is 16.2. The summed E-state index contributed by atoms with van der Waals surface area (Å²) in [5.41, 5.74) is 0.652. The third kappa shape index (κ3) is 2.29. The number of Topliss-reactive ketones (excluding diaryl/α,β-unsaturated/α-hetero) is 1. The van der Waals surface area contributed by atoms with E-state index in [1.54, 1.807) is 11.4 Å². The Morgan fingerprint density at radius 3 is 2.58 bits per heavy atom. The minimum Gasteiger partial charge on any atom is -0.314 e. The number of unbranched alkanes of at least 4 members (excludes halogenated alkanes) is 1. The van der Waals surface area contributed by atoms with Crippen LogP contribution in [0, 0.1) is 6.92 Å². The molecule has 0 bridgehead atoms. The molecule has 24 heavy (non-hydrogen) atoms. The van der Waals surface area contributed by atoms with Gasteiger partial charge in [-0.1, -0.05) is 13.3 Å². The van der Waals surface area contributed by atoms with Gasteiger partial charge in [-0.25, -0.2) is 4.79 Å². The van der Waals surface area contributed by atoms with Crippen molar-refractivity contribution in [2.75, 3.05) is 0 Å². The second kappa shape index (κ2) is 5.77. The summed E-state index contributed by atoms with van der Waals surface area (Å²) in [5.74, 6) is 0.398. The van der Waals surface area contributed by atoms with Gasteiger partial charge in [-0.2, -0.15) is 4.98 Å². The van der Waals surface area contributed by atoms with E-state index in [9.17, 15) is 14.4 Å². The molecule has 3 rings (SSSR count). The lowest BCUT2D eigenvalue weighted by Gasteiger charge is -2.06. The van der Waals surface area contributed by atoms with Gasteiger partial charge >= 0.3 is 5.69 Å². The Kier molecular flexibility index (Phi) is 3.90. The van der Waals surface area contributed by atoms with Crippen molar-refractivity contribution in [1.29, 1.82) is 0 Å². The quantitative estimate of drug-likeness (QED) is 0.694. The van der Waals surface area contributed by atoms with Crippen LogP contribution >= 0.6 is 0 Å². The minimum atomic E-state index is -0.528. The second-order valence-electron chi connectivity index (χ2n) is 6.16. The zero-order chi connectivity index (χ0) is 17.6. The highest BCUT2D eigenvalue weighted by molar-refractivity contribution is 5.77. The minimum absolute atomic E-state index is 0.232. The Bertz CT molecular complexity index is 1060. The first-order valence-corrected chi connectivity index (χ1v) is 8.04. The predicted octanol–water partition coefficient (Wildman–Crippen LogP) is 0.847. The van der Waals surface area contributed by atoms with E-state index in [-0.39, 0.29) is 12.3 Å². The molecule has 3 aromatic heterocycles. The number of aryl methyl sites for hydroxylation is 3. The number of ketones is 1. The Labute approximate surface area is 137 Å². The van der Waals surface area contributed by atoms with Crippen LogP contribution in [0.3, 0.4) is 0 Å². The number of carbonyl (C=O) groups is 1. The number of hydrogen-bond donors (Lipinski definition) is 0. The van der Waals surface area contributed by atoms with Crippen LogP contribution in [0.1, 0.15) is 32.4 Å². The molecule has 0 aliphatic rings. The Morgan fingerprint density at radius 2 is 1.96 bits per heavy atom. The third-order valence-electron chi connectivity index (χ3n) is 4.26. The van der Waals surface area contributed by atoms with Crippen LogP contribution < -0.4 is 11.2 Å². The number of hydrogen-bond acceptors (Lipinski definition) is 4. The Balaban J connectivity index is 2.39. The van der Waals surface area contributed by atoms with Crippen molar-refractivity contribution in [2.24, 2.45) is 7.05 Å². The lowest BCUT2D eigenvalue weighted by Crippen LogP contribution is -2.40. The van der Waals surface area contributed by atoms with Gasteiger partial charge in [0.05, 0.1) is 6.54 Å². The summed E-state index contributed by atoms with van der Waals surface area (Å²) in [6.45, 7) is 6.00. The molecular weight excluding hydrogens is 310 g/mol. The molecule has 3 aromatic rings. The molecule has 128 valence electrons. The van der Waals surface area contributed by atoms with Crippen molar-refractivity contribution in [3.05, 3.63) is 32.7 Å². The fourth-order valence-electron chi connectivity index (χ4n) is 3.01. The van der Waals surface area contributed by atoms with E-state index in [4.69, 9.17) is 0 Å². The summed E-state index contributed by atoms with van der Waals surface area (Å²) >= 11 is 0. The van der Waals surface area contributed by atoms with E-state index in [2.05, 4.69) is 11.9 Å². The molecule has 0 spiro atoms. The second-order valence-corrected chi connectivity index (χ2v) is 6.16. The van der Waals surface area contributed by atoms with Crippen molar-refractivity contribution in [3.8, 4) is 0 Å². The van der Waals surface area contributed by atoms with E-state index < -0.39 is 11.2 Å². The van der Waals surface area contributed by atoms with Crippen molar-refractivity contribution in [2.45, 2.75) is 46.7 Å². The van der Waals surface area contributed by atoms with E-state index >= 15 is 0 Å². The molecule has 0 amide bonds. The van der Waals surface area contributed by atoms with Crippen LogP contribution in [0.4, 0.5) is 0 Å². The molecular formula is C16H21N5O3. The average Bonchev–Trinajstić information content (AvgIpc) is 3.02. The predicted molar refractivity (Wildman–Crippen MR) is 90.5 cm³/mol. The summed E-state index contributed by atoms with van der Waals surface area (Å²) < 4.78 is 6.06. The molecule has 0 aliphatic carbocycles. The topological polar surface area (TPSA) is 83.3 Å². The first-order chi connectivity index (χ1) is 11.4. The number of aromatic nitrogens is 5. The summed E-state index contributed by atoms with van der Waals surface area (Å²) in [5, 5.41) is 0. The average molecular weight is 331 g/mol. The number of imidazole rings is 2. The maximum atomic E-state index is 12.8. The van der Waals surface area contributed by atoms with Crippen LogP contribution in [-0.4, -0.2) is 28.9 Å². The maximum Gasteiger partial charge on any atom is 0.332 e. The van der Waals surface area contributed by atoms with Gasteiger partial charge in [-0.3, -0.25) is 23.1 Å². The highest BCUT2D eigenvalue weighted by Gasteiger charge is 2.20. The normalized spacial score (nSPS) is 11.7. The number of carbonyl (C=O) groups excluding carboxylic acids is 1. The van der Waals surface area contributed by atoms with Gasteiger partial charge in [-0.15, -0.1) is 0 Å². The third-order valence-corrected chi connectivity index (χ3v) is 4.26. The molecule has 3 heterocycles. The standard InChI is InChI=1S/C16H21N5O3/c1-5-6-7-19-10(2)8-20-12-13(17-15(19)20)18(4)16(24)21(14(12)23)9-11(3)22/h8H,5-7,9H2,1-4H3. The van der Waals surface area contributed by atoms with Crippen LogP contribution in [0.15, 0.2) is 15.8 Å². The summed E-state index contributed by atoms with van der Waals surface area (Å²) in [6, 6.07) is 0. The lowest BCUT2D eigenvalue weighted by molar-refractivity contribution is -0.117. The molecule has 8 nitrogen and oxygen atoms in total. The van der Waals surface area contributed by atoms with Gasteiger partial charge in [0.25, 0.3) is 5.56 Å². The first kappa shape index (κ1) is 16.2. The van der Waals surface area contributed by atoms with Gasteiger partial charge < -0.3 is 4.57 Å². The van der Waals surface area contributed by atoms with Crippen LogP contribution in [-0.2, 0) is 24.9 Å². The number of nitrogens with zero attached hydrogens (tertiary/aromatic N) is 5. The van der Waals surface area contributed by atoms with Crippen molar-refractivity contribution in [1.82, 2.24) is 23.1 Å². The molecule has 0 atom stereocenters. The smallest absolute Gasteiger partial charge is 0.314 e. The monoisotopic (exact) mass is 331 g/mol. The van der Waals surface area contributed by atoms with E-state index in [0.717, 1.165) is 29.6 Å². The Morgan fingerprint density at radius 1 is 1.25 bits per heavy atom. The van der Waals surface area contributed by atoms with Gasteiger partial charge in [0.2, 0.25) is 5.78 Å². The van der Waals surface area contributed by atoms with Crippen molar-refractivity contribution >= 4 is 22.7 Å². The molecule has 0 unspecified atom stereocenters. The summed E-state index contributed by atoms with van der Waals surface area (Å²) in [6.07, 6.45) is 3.90. The van der Waals surface area contributed by atoms with Crippen molar-refractivity contribution < 1.29 is 4.79 Å². The zero-order valence-corrected chi connectivity index (χ0v) is 14.4. The van der Waals surface area contributed by atoms with Gasteiger partial charge in [0, 0.05) is 25.5 Å². The number of rotatable bonds is 5. The van der Waals surface area contributed by atoms with E-state index in [1.807, 2.05) is 17.7 Å². The van der Waals surface area contributed by atoms with Gasteiger partial charge in [-0.05, 0) is 20.3 Å². The molecule has 8 heteroatoms. The Hall–Kier alpha value is -2.64. The van der Waals surface area contributed by atoms with E-state index in [0.29, 0.717) is 16.9 Å². The summed E-state index contributed by atoms with van der Waals surface area (Å²) in [4.78, 5) is 41.1. The molecule has 0 saturated carbocycles. The molecule has 0 aromatic carbocycles. The lowest BCUT2D eigenvalue weighted by atomic mass is 10.3. The van der Waals surface area contributed by atoms with Crippen LogP contribution in [0.25, 0.3) is 16.9 Å². The molecule has 0 aliphatic heterocycles.